The Morgan fingerprint density at radius 3 is 2.44 bits per heavy atom. The number of rotatable bonds is 6. The molecule has 1 rings (SSSR count). The SMILES string of the molecule is CC(C)NC(CO)CCN1CCN(C)C(C)(C)C1. The molecule has 1 atom stereocenters. The van der Waals surface area contributed by atoms with E-state index in [1.54, 1.807) is 0 Å². The first kappa shape index (κ1) is 15.9. The van der Waals surface area contributed by atoms with E-state index in [2.05, 4.69) is 49.9 Å². The van der Waals surface area contributed by atoms with Gasteiger partial charge in [0.2, 0.25) is 0 Å². The van der Waals surface area contributed by atoms with Gasteiger partial charge in [-0.05, 0) is 33.9 Å². The van der Waals surface area contributed by atoms with Crippen molar-refractivity contribution in [3.05, 3.63) is 0 Å². The zero-order valence-electron chi connectivity index (χ0n) is 12.7. The van der Waals surface area contributed by atoms with Crippen molar-refractivity contribution in [3.63, 3.8) is 0 Å². The van der Waals surface area contributed by atoms with Gasteiger partial charge in [0.25, 0.3) is 0 Å². The molecule has 0 aromatic carbocycles. The van der Waals surface area contributed by atoms with E-state index < -0.39 is 0 Å². The van der Waals surface area contributed by atoms with Crippen LogP contribution in [0.25, 0.3) is 0 Å². The zero-order valence-corrected chi connectivity index (χ0v) is 12.7. The van der Waals surface area contributed by atoms with E-state index in [0.717, 1.165) is 32.6 Å². The molecule has 2 N–H and O–H groups in total. The molecule has 0 bridgehead atoms. The third kappa shape index (κ3) is 4.84. The summed E-state index contributed by atoms with van der Waals surface area (Å²) in [5, 5.41) is 12.8. The Morgan fingerprint density at radius 2 is 1.94 bits per heavy atom. The van der Waals surface area contributed by atoms with E-state index in [4.69, 9.17) is 0 Å². The van der Waals surface area contributed by atoms with E-state index in [0.29, 0.717) is 6.04 Å². The van der Waals surface area contributed by atoms with Crippen LogP contribution >= 0.6 is 0 Å². The van der Waals surface area contributed by atoms with Crippen LogP contribution in [-0.4, -0.2) is 72.4 Å². The van der Waals surface area contributed by atoms with Crippen molar-refractivity contribution < 1.29 is 5.11 Å². The van der Waals surface area contributed by atoms with Crippen molar-refractivity contribution in [2.45, 2.75) is 51.7 Å². The Bertz CT molecular complexity index is 243. The minimum Gasteiger partial charge on any atom is -0.395 e. The lowest BCUT2D eigenvalue weighted by atomic mass is 9.99. The van der Waals surface area contributed by atoms with Crippen molar-refractivity contribution in [1.29, 1.82) is 0 Å². The Balaban J connectivity index is 2.35. The molecule has 1 fully saturated rings. The van der Waals surface area contributed by atoms with Crippen LogP contribution in [0.5, 0.6) is 0 Å². The summed E-state index contributed by atoms with van der Waals surface area (Å²) in [6.45, 7) is 13.5. The number of nitrogens with one attached hydrogen (secondary N) is 1. The lowest BCUT2D eigenvalue weighted by Crippen LogP contribution is -2.58. The molecule has 0 saturated carbocycles. The molecule has 0 radical (unpaired) electrons. The summed E-state index contributed by atoms with van der Waals surface area (Å²) in [6.07, 6.45) is 1.02. The molecule has 108 valence electrons. The number of aliphatic hydroxyl groups is 1. The van der Waals surface area contributed by atoms with Crippen LogP contribution in [0.3, 0.4) is 0 Å². The first-order valence-electron chi connectivity index (χ1n) is 7.15. The smallest absolute Gasteiger partial charge is 0.0585 e. The Labute approximate surface area is 112 Å². The van der Waals surface area contributed by atoms with Crippen molar-refractivity contribution >= 4 is 0 Å². The Kier molecular flexibility index (Phi) is 6.05. The van der Waals surface area contributed by atoms with Gasteiger partial charge in [0.15, 0.2) is 0 Å². The van der Waals surface area contributed by atoms with E-state index in [1.807, 2.05) is 0 Å². The highest BCUT2D eigenvalue weighted by molar-refractivity contribution is 4.88. The number of hydrogen-bond acceptors (Lipinski definition) is 4. The summed E-state index contributed by atoms with van der Waals surface area (Å²) in [7, 11) is 2.20. The van der Waals surface area contributed by atoms with Crippen LogP contribution < -0.4 is 5.32 Å². The quantitative estimate of drug-likeness (QED) is 0.737. The van der Waals surface area contributed by atoms with Gasteiger partial charge < -0.3 is 15.3 Å². The highest BCUT2D eigenvalue weighted by atomic mass is 16.3. The molecule has 0 aromatic rings. The minimum absolute atomic E-state index is 0.229. The molecule has 4 heteroatoms. The molecule has 4 nitrogen and oxygen atoms in total. The van der Waals surface area contributed by atoms with Crippen LogP contribution in [0.4, 0.5) is 0 Å². The number of piperazine rings is 1. The van der Waals surface area contributed by atoms with Gasteiger partial charge in [-0.15, -0.1) is 0 Å². The number of hydrogen-bond donors (Lipinski definition) is 2. The number of aliphatic hydroxyl groups excluding tert-OH is 1. The van der Waals surface area contributed by atoms with Crippen molar-refractivity contribution in [3.8, 4) is 0 Å². The van der Waals surface area contributed by atoms with E-state index in [-0.39, 0.29) is 18.2 Å². The fourth-order valence-electron chi connectivity index (χ4n) is 2.57. The zero-order chi connectivity index (χ0) is 13.8. The molecule has 0 spiro atoms. The molecule has 1 saturated heterocycles. The van der Waals surface area contributed by atoms with Gasteiger partial charge in [-0.25, -0.2) is 0 Å². The predicted octanol–water partition coefficient (Wildman–Crippen LogP) is 0.761. The summed E-state index contributed by atoms with van der Waals surface area (Å²) < 4.78 is 0. The second kappa shape index (κ2) is 6.85. The molecule has 1 aliphatic heterocycles. The monoisotopic (exact) mass is 257 g/mol. The van der Waals surface area contributed by atoms with Gasteiger partial charge >= 0.3 is 0 Å². The summed E-state index contributed by atoms with van der Waals surface area (Å²) in [5.41, 5.74) is 0.262. The predicted molar refractivity (Wildman–Crippen MR) is 76.9 cm³/mol. The first-order chi connectivity index (χ1) is 8.35. The maximum absolute atomic E-state index is 9.36. The van der Waals surface area contributed by atoms with E-state index >= 15 is 0 Å². The maximum atomic E-state index is 9.36. The Hall–Kier alpha value is -0.160. The average molecular weight is 257 g/mol. The highest BCUT2D eigenvalue weighted by Gasteiger charge is 2.30. The Morgan fingerprint density at radius 1 is 1.28 bits per heavy atom. The van der Waals surface area contributed by atoms with Gasteiger partial charge in [0, 0.05) is 37.3 Å². The fraction of sp³-hybridized carbons (Fsp3) is 1.00. The van der Waals surface area contributed by atoms with Gasteiger partial charge in [-0.3, -0.25) is 4.90 Å². The van der Waals surface area contributed by atoms with Gasteiger partial charge in [0.05, 0.1) is 6.61 Å². The molecular weight excluding hydrogens is 226 g/mol. The molecule has 0 aromatic heterocycles. The number of likely N-dealkylation sites (N-methyl/N-ethyl adjacent to an activating group) is 1. The normalized spacial score (nSPS) is 23.5. The third-order valence-corrected chi connectivity index (χ3v) is 3.98. The first-order valence-corrected chi connectivity index (χ1v) is 7.15. The van der Waals surface area contributed by atoms with Gasteiger partial charge in [0.1, 0.15) is 0 Å². The van der Waals surface area contributed by atoms with E-state index in [9.17, 15) is 5.11 Å². The largest absolute Gasteiger partial charge is 0.395 e. The molecule has 1 aliphatic rings. The summed E-state index contributed by atoms with van der Waals surface area (Å²) in [6, 6.07) is 0.666. The van der Waals surface area contributed by atoms with Gasteiger partial charge in [-0.1, -0.05) is 13.8 Å². The topological polar surface area (TPSA) is 38.7 Å². The van der Waals surface area contributed by atoms with Crippen LogP contribution in [0.15, 0.2) is 0 Å². The van der Waals surface area contributed by atoms with Crippen molar-refractivity contribution in [2.75, 3.05) is 39.8 Å². The standard InChI is InChI=1S/C14H31N3O/c1-12(2)15-13(10-18)6-7-17-9-8-16(5)14(3,4)11-17/h12-13,15,18H,6-11H2,1-5H3. The summed E-state index contributed by atoms with van der Waals surface area (Å²) >= 11 is 0. The van der Waals surface area contributed by atoms with E-state index in [1.165, 1.54) is 0 Å². The molecule has 1 unspecified atom stereocenters. The maximum Gasteiger partial charge on any atom is 0.0585 e. The second-order valence-corrected chi connectivity index (χ2v) is 6.50. The van der Waals surface area contributed by atoms with Crippen molar-refractivity contribution in [1.82, 2.24) is 15.1 Å². The van der Waals surface area contributed by atoms with Crippen LogP contribution in [0, 0.1) is 0 Å². The second-order valence-electron chi connectivity index (χ2n) is 6.50. The molecule has 0 amide bonds. The molecule has 18 heavy (non-hydrogen) atoms. The third-order valence-electron chi connectivity index (χ3n) is 3.98. The van der Waals surface area contributed by atoms with Gasteiger partial charge in [-0.2, -0.15) is 0 Å². The molecule has 1 heterocycles. The fourth-order valence-corrected chi connectivity index (χ4v) is 2.57. The average Bonchev–Trinajstić information content (AvgIpc) is 2.28. The molecule has 0 aliphatic carbocycles. The minimum atomic E-state index is 0.229. The lowest BCUT2D eigenvalue weighted by molar-refractivity contribution is 0.0368. The molecular formula is C14H31N3O. The highest BCUT2D eigenvalue weighted by Crippen LogP contribution is 2.18. The summed E-state index contributed by atoms with van der Waals surface area (Å²) in [4.78, 5) is 4.95. The van der Waals surface area contributed by atoms with Crippen LogP contribution in [0.2, 0.25) is 0 Å². The van der Waals surface area contributed by atoms with Crippen LogP contribution in [-0.2, 0) is 0 Å². The van der Waals surface area contributed by atoms with Crippen LogP contribution in [0.1, 0.15) is 34.1 Å². The summed E-state index contributed by atoms with van der Waals surface area (Å²) in [5.74, 6) is 0. The lowest BCUT2D eigenvalue weighted by Gasteiger charge is -2.45. The number of nitrogens with zero attached hydrogens (tertiary/aromatic N) is 2. The van der Waals surface area contributed by atoms with Crippen molar-refractivity contribution in [2.24, 2.45) is 0 Å².